The van der Waals surface area contributed by atoms with Gasteiger partial charge in [0.2, 0.25) is 0 Å². The van der Waals surface area contributed by atoms with Crippen LogP contribution in [0.5, 0.6) is 0 Å². The molecule has 0 aromatic heterocycles. The number of para-hydroxylation sites is 1. The van der Waals surface area contributed by atoms with Crippen molar-refractivity contribution in [3.05, 3.63) is 52.7 Å². The molecule has 0 saturated carbocycles. The third-order valence-corrected chi connectivity index (χ3v) is 3.72. The molecule has 19 heavy (non-hydrogen) atoms. The van der Waals surface area contributed by atoms with Crippen LogP contribution in [0.15, 0.2) is 47.1 Å². The van der Waals surface area contributed by atoms with E-state index in [9.17, 15) is 4.79 Å². The summed E-state index contributed by atoms with van der Waals surface area (Å²) < 4.78 is 0.812. The summed E-state index contributed by atoms with van der Waals surface area (Å²) in [7, 11) is 0. The minimum Gasteiger partial charge on any atom is -0.357 e. The summed E-state index contributed by atoms with van der Waals surface area (Å²) in [5.74, 6) is 0.0981. The number of hydrogen-bond acceptors (Lipinski definition) is 3. The van der Waals surface area contributed by atoms with E-state index in [2.05, 4.69) is 33.9 Å². The smallest absolute Gasteiger partial charge is 0.161 e. The maximum Gasteiger partial charge on any atom is 0.161 e. The predicted octanol–water partition coefficient (Wildman–Crippen LogP) is 3.78. The second-order valence-corrected chi connectivity index (χ2v) is 5.25. The number of nitriles is 1. The van der Waals surface area contributed by atoms with Crippen LogP contribution >= 0.6 is 15.9 Å². The first-order valence-corrected chi connectivity index (χ1v) is 6.76. The highest BCUT2D eigenvalue weighted by atomic mass is 79.9. The van der Waals surface area contributed by atoms with E-state index in [0.29, 0.717) is 24.1 Å². The molecule has 0 heterocycles. The van der Waals surface area contributed by atoms with Gasteiger partial charge in [-0.25, -0.2) is 0 Å². The molecule has 1 aliphatic rings. The Hall–Kier alpha value is -1.86. The molecule has 0 spiro atoms. The SMILES string of the molecule is C=CCC1CC(Nc2c(Br)cccc2C#N)=CC1=O. The van der Waals surface area contributed by atoms with Gasteiger partial charge in [-0.2, -0.15) is 5.26 Å². The third kappa shape index (κ3) is 2.94. The number of nitrogens with one attached hydrogen (secondary N) is 1. The monoisotopic (exact) mass is 316 g/mol. The molecule has 1 aromatic carbocycles. The lowest BCUT2D eigenvalue weighted by atomic mass is 10.0. The largest absolute Gasteiger partial charge is 0.357 e. The number of benzene rings is 1. The lowest BCUT2D eigenvalue weighted by molar-refractivity contribution is -0.117. The number of anilines is 1. The first-order chi connectivity index (χ1) is 9.15. The highest BCUT2D eigenvalue weighted by Crippen LogP contribution is 2.31. The van der Waals surface area contributed by atoms with Crippen LogP contribution < -0.4 is 5.32 Å². The molecule has 0 amide bonds. The van der Waals surface area contributed by atoms with Crippen LogP contribution in [0.25, 0.3) is 0 Å². The Morgan fingerprint density at radius 2 is 2.37 bits per heavy atom. The zero-order valence-corrected chi connectivity index (χ0v) is 11.9. The van der Waals surface area contributed by atoms with Crippen LogP contribution in [-0.2, 0) is 4.79 Å². The van der Waals surface area contributed by atoms with Crippen LogP contribution in [0.1, 0.15) is 18.4 Å². The van der Waals surface area contributed by atoms with Crippen LogP contribution in [0, 0.1) is 17.2 Å². The summed E-state index contributed by atoms with van der Waals surface area (Å²) in [6, 6.07) is 7.55. The Bertz CT molecular complexity index is 599. The zero-order valence-electron chi connectivity index (χ0n) is 10.3. The molecule has 1 aromatic rings. The second kappa shape index (κ2) is 5.85. The van der Waals surface area contributed by atoms with Crippen LogP contribution in [0.2, 0.25) is 0 Å². The summed E-state index contributed by atoms with van der Waals surface area (Å²) in [6.07, 6.45) is 4.73. The van der Waals surface area contributed by atoms with Crippen molar-refractivity contribution in [3.8, 4) is 6.07 Å². The van der Waals surface area contributed by atoms with E-state index in [1.165, 1.54) is 0 Å². The molecule has 2 rings (SSSR count). The average Bonchev–Trinajstić information content (AvgIpc) is 2.73. The second-order valence-electron chi connectivity index (χ2n) is 4.40. The number of carbonyl (C=O) groups excluding carboxylic acids is 1. The van der Waals surface area contributed by atoms with Crippen molar-refractivity contribution in [2.24, 2.45) is 5.92 Å². The van der Waals surface area contributed by atoms with Gasteiger partial charge in [0, 0.05) is 22.2 Å². The lowest BCUT2D eigenvalue weighted by Gasteiger charge is -2.12. The predicted molar refractivity (Wildman–Crippen MR) is 78.5 cm³/mol. The van der Waals surface area contributed by atoms with Gasteiger partial charge in [-0.15, -0.1) is 6.58 Å². The topological polar surface area (TPSA) is 52.9 Å². The molecule has 4 heteroatoms. The third-order valence-electron chi connectivity index (χ3n) is 3.06. The summed E-state index contributed by atoms with van der Waals surface area (Å²) >= 11 is 3.41. The van der Waals surface area contributed by atoms with Crippen LogP contribution in [-0.4, -0.2) is 5.78 Å². The van der Waals surface area contributed by atoms with Gasteiger partial charge in [0.15, 0.2) is 5.78 Å². The van der Waals surface area contributed by atoms with E-state index in [0.717, 1.165) is 10.2 Å². The Kier molecular flexibility index (Phi) is 4.18. The van der Waals surface area contributed by atoms with Gasteiger partial charge in [-0.05, 0) is 40.9 Å². The number of nitrogens with zero attached hydrogens (tertiary/aromatic N) is 1. The van der Waals surface area contributed by atoms with Gasteiger partial charge in [-0.3, -0.25) is 4.79 Å². The Balaban J connectivity index is 2.20. The van der Waals surface area contributed by atoms with E-state index in [1.54, 1.807) is 18.2 Å². The number of allylic oxidation sites excluding steroid dienone is 3. The average molecular weight is 317 g/mol. The van der Waals surface area contributed by atoms with Crippen molar-refractivity contribution >= 4 is 27.4 Å². The molecule has 0 radical (unpaired) electrons. The van der Waals surface area contributed by atoms with Gasteiger partial charge in [0.05, 0.1) is 11.3 Å². The zero-order chi connectivity index (χ0) is 13.8. The van der Waals surface area contributed by atoms with Crippen molar-refractivity contribution in [1.29, 1.82) is 5.26 Å². The standard InChI is InChI=1S/C15H13BrN2O/c1-2-4-10-7-12(8-14(10)19)18-15-11(9-17)5-3-6-13(15)16/h2-3,5-6,8,10,18H,1,4,7H2. The van der Waals surface area contributed by atoms with E-state index < -0.39 is 0 Å². The minimum atomic E-state index is -0.0203. The quantitative estimate of drug-likeness (QED) is 0.860. The molecule has 1 atom stereocenters. The molecule has 0 saturated heterocycles. The molecule has 0 bridgehead atoms. The fraction of sp³-hybridized carbons (Fsp3) is 0.200. The fourth-order valence-corrected chi connectivity index (χ4v) is 2.57. The molecule has 1 aliphatic carbocycles. The van der Waals surface area contributed by atoms with Crippen molar-refractivity contribution in [2.75, 3.05) is 5.32 Å². The molecule has 0 fully saturated rings. The van der Waals surface area contributed by atoms with E-state index >= 15 is 0 Å². The summed E-state index contributed by atoms with van der Waals surface area (Å²) in [5, 5.41) is 12.3. The Morgan fingerprint density at radius 3 is 3.05 bits per heavy atom. The summed E-state index contributed by atoms with van der Waals surface area (Å²) in [6.45, 7) is 3.66. The van der Waals surface area contributed by atoms with Crippen molar-refractivity contribution in [1.82, 2.24) is 0 Å². The number of rotatable bonds is 4. The van der Waals surface area contributed by atoms with Gasteiger partial charge in [0.1, 0.15) is 6.07 Å². The van der Waals surface area contributed by atoms with Gasteiger partial charge in [0.25, 0.3) is 0 Å². The van der Waals surface area contributed by atoms with Crippen molar-refractivity contribution in [3.63, 3.8) is 0 Å². The summed E-state index contributed by atoms with van der Waals surface area (Å²) in [4.78, 5) is 11.8. The number of ketones is 1. The van der Waals surface area contributed by atoms with Gasteiger partial charge in [-0.1, -0.05) is 12.1 Å². The Labute approximate surface area is 120 Å². The minimum absolute atomic E-state index is 0.0203. The molecule has 1 unspecified atom stereocenters. The van der Waals surface area contributed by atoms with Crippen molar-refractivity contribution < 1.29 is 4.79 Å². The fourth-order valence-electron chi connectivity index (χ4n) is 2.11. The molecular weight excluding hydrogens is 304 g/mol. The number of hydrogen-bond donors (Lipinski definition) is 1. The molecular formula is C15H13BrN2O. The van der Waals surface area contributed by atoms with Gasteiger partial charge < -0.3 is 5.32 Å². The Morgan fingerprint density at radius 1 is 1.58 bits per heavy atom. The molecule has 3 nitrogen and oxygen atoms in total. The van der Waals surface area contributed by atoms with Crippen molar-refractivity contribution in [2.45, 2.75) is 12.8 Å². The van der Waals surface area contributed by atoms with E-state index in [4.69, 9.17) is 5.26 Å². The normalized spacial score (nSPS) is 17.8. The highest BCUT2D eigenvalue weighted by Gasteiger charge is 2.24. The number of carbonyl (C=O) groups is 1. The van der Waals surface area contributed by atoms with Crippen LogP contribution in [0.4, 0.5) is 5.69 Å². The van der Waals surface area contributed by atoms with E-state index in [1.807, 2.05) is 12.1 Å². The lowest BCUT2D eigenvalue weighted by Crippen LogP contribution is -2.06. The molecule has 96 valence electrons. The van der Waals surface area contributed by atoms with Gasteiger partial charge >= 0.3 is 0 Å². The maximum atomic E-state index is 11.8. The molecule has 1 N–H and O–H groups in total. The number of halogens is 1. The summed E-state index contributed by atoms with van der Waals surface area (Å²) in [5.41, 5.74) is 2.11. The molecule has 0 aliphatic heterocycles. The van der Waals surface area contributed by atoms with E-state index in [-0.39, 0.29) is 11.7 Å². The first-order valence-electron chi connectivity index (χ1n) is 5.96. The maximum absolute atomic E-state index is 11.8. The first kappa shape index (κ1) is 13.6. The highest BCUT2D eigenvalue weighted by molar-refractivity contribution is 9.10. The van der Waals surface area contributed by atoms with Crippen LogP contribution in [0.3, 0.4) is 0 Å².